The number of ether oxygens (including phenoxy) is 4. The molecule has 1 aliphatic heterocycles. The molecule has 30 heavy (non-hydrogen) atoms. The number of benzene rings is 1. The predicted molar refractivity (Wildman–Crippen MR) is 112 cm³/mol. The van der Waals surface area contributed by atoms with Crippen LogP contribution in [-0.2, 0) is 14.3 Å². The Hall–Kier alpha value is -2.96. The van der Waals surface area contributed by atoms with E-state index in [1.807, 2.05) is 13.0 Å². The molecule has 3 rings (SSSR count). The highest BCUT2D eigenvalue weighted by atomic mass is 16.5. The molecule has 1 aliphatic carbocycles. The number of Topliss-reactive ketones (excluding diaryl/α,β-unsaturated/α-hetero) is 1. The van der Waals surface area contributed by atoms with Crippen molar-refractivity contribution in [3.05, 3.63) is 40.2 Å². The largest absolute Gasteiger partial charge is 0.493 e. The monoisotopic (exact) mass is 415 g/mol. The van der Waals surface area contributed by atoms with Gasteiger partial charge >= 0.3 is 5.97 Å². The van der Waals surface area contributed by atoms with Gasteiger partial charge in [0.05, 0.1) is 39.9 Å². The topological polar surface area (TPSA) is 83.1 Å². The van der Waals surface area contributed by atoms with Gasteiger partial charge in [-0.3, -0.25) is 4.79 Å². The van der Waals surface area contributed by atoms with Crippen LogP contribution in [0.25, 0.3) is 0 Å². The van der Waals surface area contributed by atoms with Crippen molar-refractivity contribution in [2.75, 3.05) is 28.4 Å². The first-order valence-electron chi connectivity index (χ1n) is 9.80. The van der Waals surface area contributed by atoms with Gasteiger partial charge in [0.15, 0.2) is 17.3 Å². The Bertz CT molecular complexity index is 957. The Kier molecular flexibility index (Phi) is 5.83. The highest BCUT2D eigenvalue weighted by molar-refractivity contribution is 6.04. The van der Waals surface area contributed by atoms with Gasteiger partial charge in [0.2, 0.25) is 5.75 Å². The molecular formula is C23H29NO6. The van der Waals surface area contributed by atoms with Crippen LogP contribution >= 0.6 is 0 Å². The fourth-order valence-electron chi connectivity index (χ4n) is 4.48. The van der Waals surface area contributed by atoms with Gasteiger partial charge in [-0.2, -0.15) is 0 Å². The number of ketones is 1. The summed E-state index contributed by atoms with van der Waals surface area (Å²) in [6, 6.07) is 3.56. The van der Waals surface area contributed by atoms with Gasteiger partial charge in [-0.05, 0) is 24.8 Å². The van der Waals surface area contributed by atoms with E-state index in [4.69, 9.17) is 18.9 Å². The second kappa shape index (κ2) is 8.05. The van der Waals surface area contributed by atoms with Crippen molar-refractivity contribution in [3.63, 3.8) is 0 Å². The summed E-state index contributed by atoms with van der Waals surface area (Å²) in [6.07, 6.45) is 1.10. The molecule has 0 aromatic heterocycles. The lowest BCUT2D eigenvalue weighted by molar-refractivity contribution is -0.136. The lowest BCUT2D eigenvalue weighted by Gasteiger charge is -2.39. The van der Waals surface area contributed by atoms with Crippen molar-refractivity contribution < 1.29 is 28.5 Å². The molecule has 0 unspecified atom stereocenters. The third kappa shape index (κ3) is 3.53. The van der Waals surface area contributed by atoms with Crippen molar-refractivity contribution in [1.82, 2.24) is 5.32 Å². The van der Waals surface area contributed by atoms with E-state index in [9.17, 15) is 9.59 Å². The van der Waals surface area contributed by atoms with Crippen LogP contribution < -0.4 is 19.5 Å². The molecule has 0 radical (unpaired) electrons. The van der Waals surface area contributed by atoms with Crippen molar-refractivity contribution in [3.8, 4) is 17.2 Å². The molecule has 7 nitrogen and oxygen atoms in total. The molecule has 0 bridgehead atoms. The first kappa shape index (κ1) is 21.7. The van der Waals surface area contributed by atoms with Crippen molar-refractivity contribution >= 4 is 11.8 Å². The van der Waals surface area contributed by atoms with Crippen molar-refractivity contribution in [2.24, 2.45) is 5.41 Å². The van der Waals surface area contributed by atoms with Crippen molar-refractivity contribution in [1.29, 1.82) is 0 Å². The fourth-order valence-corrected chi connectivity index (χ4v) is 4.48. The Morgan fingerprint density at radius 2 is 1.70 bits per heavy atom. The van der Waals surface area contributed by atoms with Crippen molar-refractivity contribution in [2.45, 2.75) is 39.5 Å². The smallest absolute Gasteiger partial charge is 0.336 e. The van der Waals surface area contributed by atoms with Crippen LogP contribution in [0, 0.1) is 5.41 Å². The van der Waals surface area contributed by atoms with Crippen LogP contribution in [0.2, 0.25) is 0 Å². The molecule has 0 saturated carbocycles. The zero-order valence-corrected chi connectivity index (χ0v) is 18.6. The maximum absolute atomic E-state index is 13.3. The molecule has 1 aromatic rings. The van der Waals surface area contributed by atoms with E-state index in [2.05, 4.69) is 19.2 Å². The summed E-state index contributed by atoms with van der Waals surface area (Å²) in [7, 11) is 5.92. The van der Waals surface area contributed by atoms with E-state index in [1.54, 1.807) is 13.2 Å². The molecule has 1 aromatic carbocycles. The van der Waals surface area contributed by atoms with Crippen LogP contribution in [0.3, 0.4) is 0 Å². The Balaban J connectivity index is 2.32. The first-order valence-corrected chi connectivity index (χ1v) is 9.80. The molecule has 0 saturated heterocycles. The molecule has 162 valence electrons. The van der Waals surface area contributed by atoms with Crippen LogP contribution in [-0.4, -0.2) is 40.2 Å². The maximum Gasteiger partial charge on any atom is 0.336 e. The molecule has 1 heterocycles. The van der Waals surface area contributed by atoms with Gasteiger partial charge in [0.1, 0.15) is 0 Å². The summed E-state index contributed by atoms with van der Waals surface area (Å²) in [5.41, 5.74) is 2.94. The van der Waals surface area contributed by atoms with Gasteiger partial charge in [0.25, 0.3) is 0 Å². The van der Waals surface area contributed by atoms with Gasteiger partial charge in [-0.15, -0.1) is 0 Å². The fraction of sp³-hybridized carbons (Fsp3) is 0.478. The second-order valence-electron chi connectivity index (χ2n) is 8.34. The number of carbonyl (C=O) groups is 2. The molecule has 1 atom stereocenters. The lowest BCUT2D eigenvalue weighted by Crippen LogP contribution is -2.38. The van der Waals surface area contributed by atoms with Gasteiger partial charge in [-0.1, -0.05) is 19.9 Å². The van der Waals surface area contributed by atoms with Crippen LogP contribution in [0.4, 0.5) is 0 Å². The average Bonchev–Trinajstić information content (AvgIpc) is 2.69. The number of esters is 1. The number of dihydropyridines is 1. The standard InChI is InChI=1S/C23H29NO6/c1-12-17(22(26)30-7)18(19-14(24-12)10-23(2,3)11-15(19)25)13-8-9-16(27-4)21(29-6)20(13)28-5/h8-9,18,24H,10-11H2,1-7H3/t18-/m0/s1. The molecule has 0 spiro atoms. The number of carbonyl (C=O) groups excluding carboxylic acids is 2. The summed E-state index contributed by atoms with van der Waals surface area (Å²) >= 11 is 0. The Labute approximate surface area is 177 Å². The molecule has 2 aliphatic rings. The molecule has 7 heteroatoms. The number of allylic oxidation sites excluding steroid dienone is 3. The summed E-state index contributed by atoms with van der Waals surface area (Å²) in [5, 5.41) is 3.30. The van der Waals surface area contributed by atoms with Crippen LogP contribution in [0.1, 0.15) is 45.1 Å². The van der Waals surface area contributed by atoms with E-state index >= 15 is 0 Å². The Morgan fingerprint density at radius 3 is 2.27 bits per heavy atom. The van der Waals surface area contributed by atoms with Crippen LogP contribution in [0.15, 0.2) is 34.7 Å². The molecule has 1 N–H and O–H groups in total. The minimum absolute atomic E-state index is 0.00416. The number of rotatable bonds is 5. The number of hydrogen-bond acceptors (Lipinski definition) is 7. The molecular weight excluding hydrogens is 386 g/mol. The average molecular weight is 415 g/mol. The maximum atomic E-state index is 13.3. The van der Waals surface area contributed by atoms with Gasteiger partial charge < -0.3 is 24.3 Å². The zero-order valence-electron chi connectivity index (χ0n) is 18.6. The summed E-state index contributed by atoms with van der Waals surface area (Å²) < 4.78 is 21.7. The quantitative estimate of drug-likeness (QED) is 0.737. The highest BCUT2D eigenvalue weighted by Crippen LogP contribution is 2.51. The third-order valence-corrected chi connectivity index (χ3v) is 5.69. The SMILES string of the molecule is COC(=O)C1=C(C)NC2=C(C(=O)CC(C)(C)C2)[C@H]1c1ccc(OC)c(OC)c1OC. The van der Waals surface area contributed by atoms with E-state index in [1.165, 1.54) is 21.3 Å². The van der Waals surface area contributed by atoms with E-state index < -0.39 is 11.9 Å². The first-order chi connectivity index (χ1) is 14.2. The highest BCUT2D eigenvalue weighted by Gasteiger charge is 2.44. The molecule has 0 amide bonds. The Morgan fingerprint density at radius 1 is 1.03 bits per heavy atom. The minimum atomic E-state index is -0.632. The van der Waals surface area contributed by atoms with E-state index in [-0.39, 0.29) is 11.2 Å². The van der Waals surface area contributed by atoms with Gasteiger partial charge in [0, 0.05) is 29.0 Å². The van der Waals surface area contributed by atoms with Crippen LogP contribution in [0.5, 0.6) is 17.2 Å². The number of hydrogen-bond donors (Lipinski definition) is 1. The normalized spacial score (nSPS) is 20.4. The zero-order chi connectivity index (χ0) is 22.2. The van der Waals surface area contributed by atoms with E-state index in [0.717, 1.165) is 5.70 Å². The van der Waals surface area contributed by atoms with E-state index in [0.29, 0.717) is 52.5 Å². The number of methoxy groups -OCH3 is 4. The third-order valence-electron chi connectivity index (χ3n) is 5.69. The predicted octanol–water partition coefficient (Wildman–Crippen LogP) is 3.49. The summed E-state index contributed by atoms with van der Waals surface area (Å²) in [6.45, 7) is 5.96. The summed E-state index contributed by atoms with van der Waals surface area (Å²) in [4.78, 5) is 26.1. The summed E-state index contributed by atoms with van der Waals surface area (Å²) in [5.74, 6) is 0.200. The number of nitrogens with one attached hydrogen (secondary N) is 1. The van der Waals surface area contributed by atoms with Gasteiger partial charge in [-0.25, -0.2) is 4.79 Å². The lowest BCUT2D eigenvalue weighted by atomic mass is 9.68. The second-order valence-corrected chi connectivity index (χ2v) is 8.34. The minimum Gasteiger partial charge on any atom is -0.493 e. The molecule has 0 fully saturated rings.